The van der Waals surface area contributed by atoms with Crippen LogP contribution in [0.25, 0.3) is 0 Å². The van der Waals surface area contributed by atoms with E-state index >= 15 is 0 Å². The molecule has 2 aliphatic heterocycles. The van der Waals surface area contributed by atoms with Gasteiger partial charge in [-0.3, -0.25) is 9.79 Å². The zero-order chi connectivity index (χ0) is 27.9. The van der Waals surface area contributed by atoms with Crippen LogP contribution in [0.2, 0.25) is 0 Å². The number of carbonyl (C=O) groups is 1. The molecule has 2 fully saturated rings. The highest BCUT2D eigenvalue weighted by atomic mass is 16.5. The number of ketones is 1. The Morgan fingerprint density at radius 2 is 1.97 bits per heavy atom. The molecular formula is C32H45N5O2. The molecule has 2 heterocycles. The van der Waals surface area contributed by atoms with Gasteiger partial charge < -0.3 is 14.5 Å². The average molecular weight is 532 g/mol. The van der Waals surface area contributed by atoms with Crippen molar-refractivity contribution in [2.45, 2.75) is 111 Å². The predicted octanol–water partition coefficient (Wildman–Crippen LogP) is 7.46. The number of piperazine rings is 1. The van der Waals surface area contributed by atoms with Crippen LogP contribution in [-0.4, -0.2) is 58.3 Å². The fourth-order valence-corrected chi connectivity index (χ4v) is 5.82. The van der Waals surface area contributed by atoms with E-state index < -0.39 is 0 Å². The van der Waals surface area contributed by atoms with Crippen LogP contribution < -0.4 is 4.74 Å². The van der Waals surface area contributed by atoms with E-state index in [-0.39, 0.29) is 17.9 Å². The van der Waals surface area contributed by atoms with Gasteiger partial charge >= 0.3 is 0 Å². The van der Waals surface area contributed by atoms with Gasteiger partial charge in [-0.05, 0) is 77.5 Å². The fourth-order valence-electron chi connectivity index (χ4n) is 5.82. The summed E-state index contributed by atoms with van der Waals surface area (Å²) in [4.78, 5) is 32.1. The highest BCUT2D eigenvalue weighted by Crippen LogP contribution is 2.35. The minimum absolute atomic E-state index is 0.0000346. The maximum absolute atomic E-state index is 11.9. The Kier molecular flexibility index (Phi) is 9.76. The van der Waals surface area contributed by atoms with Crippen LogP contribution in [0.3, 0.4) is 0 Å². The lowest BCUT2D eigenvalue weighted by Gasteiger charge is -2.47. The maximum atomic E-state index is 11.9. The number of rotatable bonds is 8. The van der Waals surface area contributed by atoms with Crippen molar-refractivity contribution in [3.05, 3.63) is 47.8 Å². The van der Waals surface area contributed by atoms with Gasteiger partial charge in [0.25, 0.3) is 0 Å². The van der Waals surface area contributed by atoms with Gasteiger partial charge in [0.15, 0.2) is 11.6 Å². The van der Waals surface area contributed by atoms with Gasteiger partial charge in [-0.1, -0.05) is 45.3 Å². The van der Waals surface area contributed by atoms with E-state index in [1.54, 1.807) is 26.2 Å². The van der Waals surface area contributed by atoms with Gasteiger partial charge in [-0.2, -0.15) is 0 Å². The number of amidine groups is 3. The highest BCUT2D eigenvalue weighted by Gasteiger charge is 2.42. The second-order valence-corrected chi connectivity index (χ2v) is 10.9. The van der Waals surface area contributed by atoms with Crippen LogP contribution in [0.15, 0.2) is 57.2 Å². The summed E-state index contributed by atoms with van der Waals surface area (Å²) in [5.74, 6) is 3.36. The van der Waals surface area contributed by atoms with Gasteiger partial charge in [0, 0.05) is 17.8 Å². The largest absolute Gasteiger partial charge is 0.494 e. The van der Waals surface area contributed by atoms with E-state index in [1.165, 1.54) is 25.7 Å². The smallest absolute Gasteiger partial charge is 0.159 e. The SMILES string of the molecule is CCCC/C=C1\C(=NC(C)=Nc2ccc(C(C)=O)cc2OC)N(C2CCCC2)C(CC)C2=NC(C)CC=CN21. The molecule has 0 amide bonds. The number of hydrogen-bond donors (Lipinski definition) is 0. The summed E-state index contributed by atoms with van der Waals surface area (Å²) >= 11 is 0. The summed E-state index contributed by atoms with van der Waals surface area (Å²) < 4.78 is 5.58. The molecule has 2 atom stereocenters. The minimum Gasteiger partial charge on any atom is -0.494 e. The van der Waals surface area contributed by atoms with E-state index in [4.69, 9.17) is 19.7 Å². The van der Waals surface area contributed by atoms with Crippen molar-refractivity contribution in [2.75, 3.05) is 7.11 Å². The Morgan fingerprint density at radius 3 is 2.64 bits per heavy atom. The molecule has 1 aromatic carbocycles. The lowest BCUT2D eigenvalue weighted by atomic mass is 9.99. The van der Waals surface area contributed by atoms with Crippen LogP contribution in [-0.2, 0) is 0 Å². The van der Waals surface area contributed by atoms with Gasteiger partial charge in [0.2, 0.25) is 0 Å². The standard InChI is InChI=1S/C32H45N5O2/c1-7-9-10-17-29-32(35-24(5)34-27-19-18-25(23(4)38)21-30(27)39-6)37(26-15-11-12-16-26)28(8-2)31-33-22(3)14-13-20-36(29)31/h13,17-22,26,28H,7-12,14-16H2,1-6H3/b29-17+,34-24?,35-32?. The van der Waals surface area contributed by atoms with E-state index in [0.717, 1.165) is 49.5 Å². The maximum Gasteiger partial charge on any atom is 0.159 e. The molecular weight excluding hydrogens is 486 g/mol. The third kappa shape index (κ3) is 6.51. The molecule has 1 aliphatic carbocycles. The molecule has 7 heteroatoms. The first-order chi connectivity index (χ1) is 18.9. The van der Waals surface area contributed by atoms with Crippen molar-refractivity contribution in [2.24, 2.45) is 15.0 Å². The van der Waals surface area contributed by atoms with Gasteiger partial charge in [-0.15, -0.1) is 0 Å². The first kappa shape index (κ1) is 28.8. The first-order valence-electron chi connectivity index (χ1n) is 14.7. The number of benzene rings is 1. The molecule has 0 N–H and O–H groups in total. The number of unbranched alkanes of at least 4 members (excludes halogenated alkanes) is 2. The Morgan fingerprint density at radius 1 is 1.21 bits per heavy atom. The van der Waals surface area contributed by atoms with Crippen LogP contribution in [0.1, 0.15) is 103 Å². The molecule has 2 unspecified atom stereocenters. The Hall–Kier alpha value is -3.22. The minimum atomic E-state index is -0.0000346. The van der Waals surface area contributed by atoms with Crippen LogP contribution in [0.4, 0.5) is 5.69 Å². The Labute approximate surface area is 234 Å². The zero-order valence-electron chi connectivity index (χ0n) is 24.6. The van der Waals surface area contributed by atoms with Crippen molar-refractivity contribution in [1.29, 1.82) is 0 Å². The number of aliphatic imine (C=N–C) groups is 3. The zero-order valence-corrected chi connectivity index (χ0v) is 24.6. The molecule has 210 valence electrons. The lowest BCUT2D eigenvalue weighted by Crippen LogP contribution is -2.60. The van der Waals surface area contributed by atoms with Gasteiger partial charge in [-0.25, -0.2) is 9.98 Å². The van der Waals surface area contributed by atoms with E-state index in [9.17, 15) is 4.79 Å². The number of Topliss-reactive ketones (excluding diaryl/α,β-unsaturated/α-hetero) is 1. The number of hydrogen-bond acceptors (Lipinski definition) is 5. The molecule has 4 rings (SSSR count). The normalized spacial score (nSPS) is 24.3. The number of ether oxygens (including phenoxy) is 1. The molecule has 0 aromatic heterocycles. The predicted molar refractivity (Wildman–Crippen MR) is 161 cm³/mol. The van der Waals surface area contributed by atoms with Crippen molar-refractivity contribution >= 4 is 29.0 Å². The number of carbonyl (C=O) groups excluding carboxylic acids is 1. The molecule has 39 heavy (non-hydrogen) atoms. The second-order valence-electron chi connectivity index (χ2n) is 10.9. The lowest BCUT2D eigenvalue weighted by molar-refractivity contribution is 0.101. The summed E-state index contributed by atoms with van der Waals surface area (Å²) in [6.07, 6.45) is 16.8. The molecule has 0 bridgehead atoms. The number of allylic oxidation sites excluding steroid dienone is 1. The molecule has 1 saturated heterocycles. The molecule has 7 nitrogen and oxygen atoms in total. The first-order valence-corrected chi connectivity index (χ1v) is 14.7. The quantitative estimate of drug-likeness (QED) is 0.151. The molecule has 3 aliphatic rings. The number of fused-ring (bicyclic) bond motifs is 1. The molecule has 1 aromatic rings. The Balaban J connectivity index is 1.86. The number of nitrogens with zero attached hydrogens (tertiary/aromatic N) is 5. The average Bonchev–Trinajstić information content (AvgIpc) is 3.38. The molecule has 0 spiro atoms. The van der Waals surface area contributed by atoms with Crippen molar-refractivity contribution < 1.29 is 9.53 Å². The van der Waals surface area contributed by atoms with Crippen LogP contribution >= 0.6 is 0 Å². The number of methoxy groups -OCH3 is 1. The van der Waals surface area contributed by atoms with Gasteiger partial charge in [0.05, 0.1) is 24.9 Å². The van der Waals surface area contributed by atoms with Crippen molar-refractivity contribution in [1.82, 2.24) is 9.80 Å². The molecule has 0 radical (unpaired) electrons. The third-order valence-electron chi connectivity index (χ3n) is 7.83. The monoisotopic (exact) mass is 531 g/mol. The van der Waals surface area contributed by atoms with E-state index in [1.807, 2.05) is 13.0 Å². The third-order valence-corrected chi connectivity index (χ3v) is 7.83. The summed E-state index contributed by atoms with van der Waals surface area (Å²) in [5.41, 5.74) is 2.38. The molecule has 1 saturated carbocycles. The summed E-state index contributed by atoms with van der Waals surface area (Å²) in [5, 5.41) is 0. The van der Waals surface area contributed by atoms with Gasteiger partial charge in [0.1, 0.15) is 23.1 Å². The summed E-state index contributed by atoms with van der Waals surface area (Å²) in [6, 6.07) is 6.24. The highest BCUT2D eigenvalue weighted by molar-refractivity contribution is 6.13. The van der Waals surface area contributed by atoms with Crippen molar-refractivity contribution in [3.8, 4) is 5.75 Å². The second kappa shape index (κ2) is 13.2. The van der Waals surface area contributed by atoms with E-state index in [0.29, 0.717) is 28.9 Å². The Bertz CT molecular complexity index is 1190. The van der Waals surface area contributed by atoms with Crippen molar-refractivity contribution in [3.63, 3.8) is 0 Å². The summed E-state index contributed by atoms with van der Waals surface area (Å²) in [7, 11) is 1.61. The van der Waals surface area contributed by atoms with E-state index in [2.05, 4.69) is 48.9 Å². The topological polar surface area (TPSA) is 69.9 Å². The fraction of sp³-hybridized carbons (Fsp3) is 0.562. The summed E-state index contributed by atoms with van der Waals surface area (Å²) in [6.45, 7) is 10.2. The van der Waals surface area contributed by atoms with Crippen LogP contribution in [0, 0.1) is 0 Å². The van der Waals surface area contributed by atoms with Crippen LogP contribution in [0.5, 0.6) is 5.75 Å².